The van der Waals surface area contributed by atoms with E-state index in [1.807, 2.05) is 6.07 Å². The predicted octanol–water partition coefficient (Wildman–Crippen LogP) is 2.87. The summed E-state index contributed by atoms with van der Waals surface area (Å²) in [5.41, 5.74) is 1.27. The lowest BCUT2D eigenvalue weighted by Crippen LogP contribution is -1.92. The molecule has 0 amide bonds. The number of alkyl halides is 1. The van der Waals surface area contributed by atoms with E-state index in [1.165, 1.54) is 12.1 Å². The minimum absolute atomic E-state index is 0.369. The Kier molecular flexibility index (Phi) is 3.72. The Morgan fingerprint density at radius 2 is 2.23 bits per heavy atom. The summed E-state index contributed by atoms with van der Waals surface area (Å²) in [6, 6.07) is 6.22. The van der Waals surface area contributed by atoms with Gasteiger partial charge in [-0.25, -0.2) is 4.39 Å². The zero-order valence-corrected chi connectivity index (χ0v) is 7.81. The van der Waals surface area contributed by atoms with Gasteiger partial charge in [-0.2, -0.15) is 5.26 Å². The number of hydrogen-bond donors (Lipinski definition) is 0. The Hall–Kier alpha value is -1.07. The number of nitrogens with zero attached hydrogens (tertiary/aromatic N) is 1. The Bertz CT molecular complexity index is 330. The number of aryl methyl sites for hydroxylation is 1. The van der Waals surface area contributed by atoms with E-state index in [2.05, 4.69) is 0 Å². The third kappa shape index (κ3) is 2.71. The van der Waals surface area contributed by atoms with Crippen LogP contribution in [0.15, 0.2) is 18.2 Å². The highest BCUT2D eigenvalue weighted by atomic mass is 35.5. The normalized spacial score (nSPS) is 9.62. The third-order valence-electron chi connectivity index (χ3n) is 1.77. The van der Waals surface area contributed by atoms with Gasteiger partial charge < -0.3 is 0 Å². The summed E-state index contributed by atoms with van der Waals surface area (Å²) in [5.74, 6) is 0.188. The van der Waals surface area contributed by atoms with Crippen molar-refractivity contribution in [3.63, 3.8) is 0 Å². The third-order valence-corrected chi connectivity index (χ3v) is 2.04. The average Bonchev–Trinajstić information content (AvgIpc) is 2.16. The van der Waals surface area contributed by atoms with Crippen molar-refractivity contribution in [3.05, 3.63) is 35.1 Å². The summed E-state index contributed by atoms with van der Waals surface area (Å²) < 4.78 is 12.7. The highest BCUT2D eigenvalue weighted by molar-refractivity contribution is 6.17. The van der Waals surface area contributed by atoms with Crippen LogP contribution in [0.2, 0.25) is 0 Å². The highest BCUT2D eigenvalue weighted by Crippen LogP contribution is 2.12. The zero-order chi connectivity index (χ0) is 9.68. The summed E-state index contributed by atoms with van der Waals surface area (Å²) in [6.07, 6.45) is 1.54. The van der Waals surface area contributed by atoms with Crippen LogP contribution in [0.1, 0.15) is 17.5 Å². The van der Waals surface area contributed by atoms with Crippen LogP contribution >= 0.6 is 11.6 Å². The van der Waals surface area contributed by atoms with Crippen molar-refractivity contribution in [3.8, 4) is 6.07 Å². The van der Waals surface area contributed by atoms with E-state index < -0.39 is 0 Å². The van der Waals surface area contributed by atoms with Crippen LogP contribution in [0.5, 0.6) is 0 Å². The van der Waals surface area contributed by atoms with Gasteiger partial charge in [0.15, 0.2) is 0 Å². The summed E-state index contributed by atoms with van der Waals surface area (Å²) in [7, 11) is 0. The first kappa shape index (κ1) is 10.0. The molecule has 13 heavy (non-hydrogen) atoms. The lowest BCUT2D eigenvalue weighted by molar-refractivity contribution is 0.626. The average molecular weight is 198 g/mol. The second kappa shape index (κ2) is 4.84. The van der Waals surface area contributed by atoms with Crippen LogP contribution in [0.4, 0.5) is 4.39 Å². The second-order valence-corrected chi connectivity index (χ2v) is 3.08. The number of benzene rings is 1. The molecule has 0 saturated heterocycles. The molecule has 0 saturated carbocycles. The minimum atomic E-state index is -0.369. The van der Waals surface area contributed by atoms with Gasteiger partial charge in [0, 0.05) is 5.88 Å². The molecule has 0 spiro atoms. The van der Waals surface area contributed by atoms with Crippen molar-refractivity contribution >= 4 is 11.6 Å². The maximum atomic E-state index is 12.7. The lowest BCUT2D eigenvalue weighted by Gasteiger charge is -2.01. The molecule has 0 heterocycles. The number of halogens is 2. The molecule has 0 N–H and O–H groups in total. The molecule has 0 radical (unpaired) electrons. The SMILES string of the molecule is N#Cc1cc(F)ccc1CCCCl. The fourth-order valence-electron chi connectivity index (χ4n) is 1.13. The number of nitriles is 1. The molecule has 0 aliphatic carbocycles. The van der Waals surface area contributed by atoms with Gasteiger partial charge in [0.1, 0.15) is 5.82 Å². The molecule has 3 heteroatoms. The molecule has 1 aromatic rings. The quantitative estimate of drug-likeness (QED) is 0.684. The largest absolute Gasteiger partial charge is 0.207 e. The van der Waals surface area contributed by atoms with Gasteiger partial charge in [-0.3, -0.25) is 0 Å². The molecule has 0 atom stereocenters. The fraction of sp³-hybridized carbons (Fsp3) is 0.300. The van der Waals surface area contributed by atoms with Crippen LogP contribution in [0.25, 0.3) is 0 Å². The highest BCUT2D eigenvalue weighted by Gasteiger charge is 2.02. The Morgan fingerprint density at radius 1 is 1.46 bits per heavy atom. The van der Waals surface area contributed by atoms with Crippen LogP contribution in [-0.4, -0.2) is 5.88 Å². The molecule has 1 rings (SSSR count). The van der Waals surface area contributed by atoms with E-state index in [4.69, 9.17) is 16.9 Å². The predicted molar refractivity (Wildman–Crippen MR) is 50.2 cm³/mol. The van der Waals surface area contributed by atoms with Crippen molar-refractivity contribution in [1.29, 1.82) is 5.26 Å². The van der Waals surface area contributed by atoms with E-state index in [-0.39, 0.29) is 5.82 Å². The molecule has 1 aromatic carbocycles. The van der Waals surface area contributed by atoms with Gasteiger partial charge in [-0.1, -0.05) is 6.07 Å². The maximum absolute atomic E-state index is 12.7. The van der Waals surface area contributed by atoms with Gasteiger partial charge in [-0.05, 0) is 30.5 Å². The molecule has 1 nitrogen and oxygen atoms in total. The fourth-order valence-corrected chi connectivity index (χ4v) is 1.26. The molecule has 0 aliphatic heterocycles. The van der Waals surface area contributed by atoms with Crippen molar-refractivity contribution < 1.29 is 4.39 Å². The molecular formula is C10H9ClFN. The zero-order valence-electron chi connectivity index (χ0n) is 7.06. The summed E-state index contributed by atoms with van der Waals surface area (Å²) in [4.78, 5) is 0. The van der Waals surface area contributed by atoms with Gasteiger partial charge in [0.2, 0.25) is 0 Å². The number of hydrogen-bond acceptors (Lipinski definition) is 1. The number of rotatable bonds is 3. The molecular weight excluding hydrogens is 189 g/mol. The first-order valence-electron chi connectivity index (χ1n) is 4.02. The Labute approximate surface area is 81.8 Å². The molecule has 0 unspecified atom stereocenters. The monoisotopic (exact) mass is 197 g/mol. The van der Waals surface area contributed by atoms with Crippen LogP contribution in [-0.2, 0) is 6.42 Å². The molecule has 68 valence electrons. The van der Waals surface area contributed by atoms with E-state index >= 15 is 0 Å². The topological polar surface area (TPSA) is 23.8 Å². The van der Waals surface area contributed by atoms with Gasteiger partial charge in [0.25, 0.3) is 0 Å². The standard InChI is InChI=1S/C10H9ClFN/c11-5-1-2-8-3-4-10(12)6-9(8)7-13/h3-4,6H,1-2,5H2. The smallest absolute Gasteiger partial charge is 0.124 e. The van der Waals surface area contributed by atoms with Crippen LogP contribution in [0.3, 0.4) is 0 Å². The maximum Gasteiger partial charge on any atom is 0.124 e. The molecule has 0 fully saturated rings. The molecule has 0 aliphatic rings. The minimum Gasteiger partial charge on any atom is -0.207 e. The summed E-state index contributed by atoms with van der Waals surface area (Å²) >= 11 is 5.52. The summed E-state index contributed by atoms with van der Waals surface area (Å²) in [6.45, 7) is 0. The van der Waals surface area contributed by atoms with Crippen molar-refractivity contribution in [2.75, 3.05) is 5.88 Å². The van der Waals surface area contributed by atoms with Gasteiger partial charge >= 0.3 is 0 Å². The molecule has 0 aromatic heterocycles. The van der Waals surface area contributed by atoms with Gasteiger partial charge in [0.05, 0.1) is 11.6 Å². The van der Waals surface area contributed by atoms with Gasteiger partial charge in [-0.15, -0.1) is 11.6 Å². The first-order chi connectivity index (χ1) is 6.27. The summed E-state index contributed by atoms with van der Waals surface area (Å²) in [5, 5.41) is 8.69. The Morgan fingerprint density at radius 3 is 2.85 bits per heavy atom. The van der Waals surface area contributed by atoms with E-state index in [9.17, 15) is 4.39 Å². The van der Waals surface area contributed by atoms with E-state index in [0.717, 1.165) is 18.4 Å². The van der Waals surface area contributed by atoms with Crippen LogP contribution in [0, 0.1) is 17.1 Å². The van der Waals surface area contributed by atoms with Crippen molar-refractivity contribution in [1.82, 2.24) is 0 Å². The van der Waals surface area contributed by atoms with Crippen LogP contribution < -0.4 is 0 Å². The van der Waals surface area contributed by atoms with E-state index in [0.29, 0.717) is 11.4 Å². The van der Waals surface area contributed by atoms with Crippen molar-refractivity contribution in [2.24, 2.45) is 0 Å². The second-order valence-electron chi connectivity index (χ2n) is 2.71. The Balaban J connectivity index is 2.88. The lowest BCUT2D eigenvalue weighted by atomic mass is 10.0. The van der Waals surface area contributed by atoms with E-state index in [1.54, 1.807) is 6.07 Å². The first-order valence-corrected chi connectivity index (χ1v) is 4.56. The molecule has 0 bridgehead atoms. The van der Waals surface area contributed by atoms with Crippen molar-refractivity contribution in [2.45, 2.75) is 12.8 Å².